The van der Waals surface area contributed by atoms with Crippen LogP contribution in [0, 0.1) is 22.7 Å². The molecule has 0 radical (unpaired) electrons. The fourth-order valence-electron chi connectivity index (χ4n) is 3.10. The summed E-state index contributed by atoms with van der Waals surface area (Å²) in [5, 5.41) is 22.2. The van der Waals surface area contributed by atoms with Gasteiger partial charge in [0.1, 0.15) is 6.04 Å². The Morgan fingerprint density at radius 2 is 2.08 bits per heavy atom. The minimum absolute atomic E-state index is 0.135. The van der Waals surface area contributed by atoms with Crippen LogP contribution in [0.2, 0.25) is 0 Å². The smallest absolute Gasteiger partial charge is 0.252 e. The van der Waals surface area contributed by atoms with Crippen molar-refractivity contribution in [1.29, 1.82) is 10.5 Å². The van der Waals surface area contributed by atoms with Crippen LogP contribution in [0.5, 0.6) is 0 Å². The van der Waals surface area contributed by atoms with Gasteiger partial charge in [-0.3, -0.25) is 9.59 Å². The molecule has 0 bridgehead atoms. The van der Waals surface area contributed by atoms with E-state index in [0.717, 1.165) is 17.2 Å². The number of benzene rings is 2. The van der Waals surface area contributed by atoms with Gasteiger partial charge in [-0.15, -0.1) is 0 Å². The highest BCUT2D eigenvalue weighted by Crippen LogP contribution is 2.20. The van der Waals surface area contributed by atoms with Crippen LogP contribution < -0.4 is 5.32 Å². The SMILES string of the molecule is N#Cc1ccc2c(C(=O)NCC(=O)N3CCCC3C#N)cccc2c1. The van der Waals surface area contributed by atoms with Crippen LogP contribution in [-0.2, 0) is 4.79 Å². The number of hydrogen-bond acceptors (Lipinski definition) is 4. The van der Waals surface area contributed by atoms with Crippen LogP contribution >= 0.6 is 0 Å². The van der Waals surface area contributed by atoms with E-state index in [1.807, 2.05) is 6.07 Å². The molecule has 0 aliphatic carbocycles. The average molecular weight is 332 g/mol. The number of rotatable bonds is 3. The molecule has 25 heavy (non-hydrogen) atoms. The van der Waals surface area contributed by atoms with Crippen LogP contribution in [0.1, 0.15) is 28.8 Å². The predicted octanol–water partition coefficient (Wildman–Crippen LogP) is 1.96. The number of carbonyl (C=O) groups excluding carboxylic acids is 2. The molecular formula is C19H16N4O2. The van der Waals surface area contributed by atoms with Crippen molar-refractivity contribution in [1.82, 2.24) is 10.2 Å². The molecular weight excluding hydrogens is 316 g/mol. The van der Waals surface area contributed by atoms with E-state index in [2.05, 4.69) is 17.5 Å². The third kappa shape index (κ3) is 3.29. The Morgan fingerprint density at radius 3 is 2.84 bits per heavy atom. The van der Waals surface area contributed by atoms with Gasteiger partial charge in [0.05, 0.1) is 24.2 Å². The van der Waals surface area contributed by atoms with Crippen molar-refractivity contribution >= 4 is 22.6 Å². The third-order valence-electron chi connectivity index (χ3n) is 4.38. The van der Waals surface area contributed by atoms with E-state index in [0.29, 0.717) is 24.1 Å². The summed E-state index contributed by atoms with van der Waals surface area (Å²) in [7, 11) is 0. The lowest BCUT2D eigenvalue weighted by Crippen LogP contribution is -2.42. The Kier molecular flexibility index (Phi) is 4.63. The fraction of sp³-hybridized carbons (Fsp3) is 0.263. The molecule has 1 saturated heterocycles. The van der Waals surface area contributed by atoms with Crippen molar-refractivity contribution in [3.8, 4) is 12.1 Å². The van der Waals surface area contributed by atoms with Crippen LogP contribution in [0.3, 0.4) is 0 Å². The number of likely N-dealkylation sites (tertiary alicyclic amines) is 1. The van der Waals surface area contributed by atoms with E-state index in [1.165, 1.54) is 4.90 Å². The molecule has 1 N–H and O–H groups in total. The number of nitrogens with one attached hydrogen (secondary N) is 1. The Labute approximate surface area is 145 Å². The van der Waals surface area contributed by atoms with Crippen molar-refractivity contribution in [3.05, 3.63) is 47.5 Å². The molecule has 124 valence electrons. The summed E-state index contributed by atoms with van der Waals surface area (Å²) in [5.41, 5.74) is 0.977. The zero-order valence-corrected chi connectivity index (χ0v) is 13.5. The molecule has 2 amide bonds. The van der Waals surface area contributed by atoms with E-state index in [4.69, 9.17) is 10.5 Å². The van der Waals surface area contributed by atoms with Crippen molar-refractivity contribution in [2.24, 2.45) is 0 Å². The molecule has 0 aromatic heterocycles. The number of nitriles is 2. The molecule has 1 fully saturated rings. The largest absolute Gasteiger partial charge is 0.343 e. The van der Waals surface area contributed by atoms with E-state index in [-0.39, 0.29) is 18.4 Å². The first-order valence-electron chi connectivity index (χ1n) is 8.04. The van der Waals surface area contributed by atoms with Crippen LogP contribution in [0.15, 0.2) is 36.4 Å². The van der Waals surface area contributed by atoms with Crippen LogP contribution in [0.25, 0.3) is 10.8 Å². The lowest BCUT2D eigenvalue weighted by Gasteiger charge is -2.19. The van der Waals surface area contributed by atoms with E-state index in [9.17, 15) is 9.59 Å². The molecule has 2 aromatic carbocycles. The minimum Gasteiger partial charge on any atom is -0.343 e. The number of hydrogen-bond donors (Lipinski definition) is 1. The highest BCUT2D eigenvalue weighted by atomic mass is 16.2. The zero-order valence-electron chi connectivity index (χ0n) is 13.5. The first-order chi connectivity index (χ1) is 12.1. The standard InChI is InChI=1S/C19H16N4O2/c20-10-13-6-7-16-14(9-13)3-1-5-17(16)19(25)22-12-18(24)23-8-2-4-15(23)11-21/h1,3,5-7,9,15H,2,4,8,12H2,(H,22,25). The molecule has 1 aliphatic rings. The molecule has 1 aliphatic heterocycles. The van der Waals surface area contributed by atoms with Crippen molar-refractivity contribution in [3.63, 3.8) is 0 Å². The minimum atomic E-state index is -0.397. The summed E-state index contributed by atoms with van der Waals surface area (Å²) in [5.74, 6) is -0.597. The molecule has 1 heterocycles. The molecule has 3 rings (SSSR count). The summed E-state index contributed by atoms with van der Waals surface area (Å²) in [6, 6.07) is 14.2. The number of amides is 2. The molecule has 6 nitrogen and oxygen atoms in total. The maximum atomic E-state index is 12.5. The first-order valence-corrected chi connectivity index (χ1v) is 8.04. The Bertz CT molecular complexity index is 923. The number of fused-ring (bicyclic) bond motifs is 1. The molecule has 1 unspecified atom stereocenters. The van der Waals surface area contributed by atoms with Gasteiger partial charge in [-0.25, -0.2) is 0 Å². The van der Waals surface area contributed by atoms with E-state index < -0.39 is 6.04 Å². The molecule has 0 saturated carbocycles. The lowest BCUT2D eigenvalue weighted by atomic mass is 10.0. The Morgan fingerprint density at radius 1 is 1.24 bits per heavy atom. The Balaban J connectivity index is 1.74. The van der Waals surface area contributed by atoms with Crippen molar-refractivity contribution in [2.75, 3.05) is 13.1 Å². The predicted molar refractivity (Wildman–Crippen MR) is 91.3 cm³/mol. The highest BCUT2D eigenvalue weighted by Gasteiger charge is 2.28. The van der Waals surface area contributed by atoms with Gasteiger partial charge in [0, 0.05) is 12.1 Å². The molecule has 2 aromatic rings. The fourth-order valence-corrected chi connectivity index (χ4v) is 3.10. The van der Waals surface area contributed by atoms with Gasteiger partial charge < -0.3 is 10.2 Å². The van der Waals surface area contributed by atoms with Crippen LogP contribution in [0.4, 0.5) is 0 Å². The highest BCUT2D eigenvalue weighted by molar-refractivity contribution is 6.08. The molecule has 6 heteroatoms. The van der Waals surface area contributed by atoms with Crippen molar-refractivity contribution in [2.45, 2.75) is 18.9 Å². The second-order valence-corrected chi connectivity index (χ2v) is 5.91. The van der Waals surface area contributed by atoms with E-state index in [1.54, 1.807) is 30.3 Å². The second kappa shape index (κ2) is 7.02. The monoisotopic (exact) mass is 332 g/mol. The molecule has 1 atom stereocenters. The van der Waals surface area contributed by atoms with Gasteiger partial charge in [0.15, 0.2) is 0 Å². The average Bonchev–Trinajstić information content (AvgIpc) is 3.13. The van der Waals surface area contributed by atoms with Gasteiger partial charge >= 0.3 is 0 Å². The van der Waals surface area contributed by atoms with Gasteiger partial charge in [-0.2, -0.15) is 10.5 Å². The summed E-state index contributed by atoms with van der Waals surface area (Å²) in [6.45, 7) is 0.418. The first kappa shape index (κ1) is 16.5. The zero-order chi connectivity index (χ0) is 17.8. The maximum Gasteiger partial charge on any atom is 0.252 e. The summed E-state index contributed by atoms with van der Waals surface area (Å²) in [4.78, 5) is 26.2. The van der Waals surface area contributed by atoms with Gasteiger partial charge in [-0.1, -0.05) is 18.2 Å². The summed E-state index contributed by atoms with van der Waals surface area (Å²) in [6.07, 6.45) is 1.49. The summed E-state index contributed by atoms with van der Waals surface area (Å²) < 4.78 is 0. The maximum absolute atomic E-state index is 12.5. The lowest BCUT2D eigenvalue weighted by molar-refractivity contribution is -0.130. The summed E-state index contributed by atoms with van der Waals surface area (Å²) >= 11 is 0. The topological polar surface area (TPSA) is 97.0 Å². The van der Waals surface area contributed by atoms with Crippen molar-refractivity contribution < 1.29 is 9.59 Å². The third-order valence-corrected chi connectivity index (χ3v) is 4.38. The van der Waals surface area contributed by atoms with Gasteiger partial charge in [0.2, 0.25) is 5.91 Å². The van der Waals surface area contributed by atoms with Gasteiger partial charge in [-0.05, 0) is 41.8 Å². The number of nitrogens with zero attached hydrogens (tertiary/aromatic N) is 3. The Hall–Kier alpha value is -3.38. The van der Waals surface area contributed by atoms with E-state index >= 15 is 0 Å². The number of carbonyl (C=O) groups is 2. The van der Waals surface area contributed by atoms with Crippen LogP contribution in [-0.4, -0.2) is 35.8 Å². The second-order valence-electron chi connectivity index (χ2n) is 5.91. The molecule has 0 spiro atoms. The normalized spacial score (nSPS) is 16.2. The quantitative estimate of drug-likeness (QED) is 0.929. The van der Waals surface area contributed by atoms with Gasteiger partial charge in [0.25, 0.3) is 5.91 Å².